The predicted octanol–water partition coefficient (Wildman–Crippen LogP) is 2.05. The first-order valence-electron chi connectivity index (χ1n) is 7.86. The van der Waals surface area contributed by atoms with E-state index in [1.807, 2.05) is 24.3 Å². The predicted molar refractivity (Wildman–Crippen MR) is 90.5 cm³/mol. The van der Waals surface area contributed by atoms with E-state index in [1.54, 1.807) is 24.4 Å². The minimum Gasteiger partial charge on any atom is -0.394 e. The average molecular weight is 347 g/mol. The van der Waals surface area contributed by atoms with E-state index in [0.717, 1.165) is 5.56 Å². The second kappa shape index (κ2) is 7.30. The third kappa shape index (κ3) is 3.59. The molecule has 2 aromatic rings. The van der Waals surface area contributed by atoms with Gasteiger partial charge in [0.1, 0.15) is 6.10 Å². The van der Waals surface area contributed by atoms with Crippen LogP contribution in [0.3, 0.4) is 0 Å². The van der Waals surface area contributed by atoms with Crippen molar-refractivity contribution in [3.05, 3.63) is 64.9 Å². The number of rotatable bonds is 6. The Hall–Kier alpha value is -1.95. The monoisotopic (exact) mass is 346 g/mol. The summed E-state index contributed by atoms with van der Waals surface area (Å²) in [4.78, 5) is 16.5. The maximum absolute atomic E-state index is 12.4. The number of carbonyl (C=O) groups is 1. The van der Waals surface area contributed by atoms with E-state index in [2.05, 4.69) is 10.3 Å². The lowest BCUT2D eigenvalue weighted by Gasteiger charge is -2.22. The van der Waals surface area contributed by atoms with E-state index >= 15 is 0 Å². The Morgan fingerprint density at radius 1 is 1.29 bits per heavy atom. The van der Waals surface area contributed by atoms with Crippen LogP contribution in [0.15, 0.2) is 48.7 Å². The van der Waals surface area contributed by atoms with E-state index in [1.165, 1.54) is 0 Å². The highest BCUT2D eigenvalue weighted by molar-refractivity contribution is 6.31. The number of hydrogen-bond donors (Lipinski definition) is 3. The van der Waals surface area contributed by atoms with Crippen LogP contribution in [0.4, 0.5) is 0 Å². The van der Waals surface area contributed by atoms with E-state index in [4.69, 9.17) is 11.6 Å². The van der Waals surface area contributed by atoms with Crippen LogP contribution in [0.2, 0.25) is 5.02 Å². The van der Waals surface area contributed by atoms with Crippen LogP contribution in [-0.2, 0) is 4.79 Å². The molecule has 0 unspecified atom stereocenters. The fourth-order valence-electron chi connectivity index (χ4n) is 2.88. The van der Waals surface area contributed by atoms with E-state index < -0.39 is 12.1 Å². The molecule has 1 aromatic carbocycles. The molecule has 126 valence electrons. The van der Waals surface area contributed by atoms with Crippen molar-refractivity contribution in [3.8, 4) is 0 Å². The molecule has 0 aliphatic heterocycles. The number of aliphatic hydroxyl groups excluding tert-OH is 2. The molecule has 0 saturated heterocycles. The minimum absolute atomic E-state index is 0.0880. The number of amides is 1. The van der Waals surface area contributed by atoms with E-state index in [-0.39, 0.29) is 24.3 Å². The Bertz CT molecular complexity index is 710. The van der Waals surface area contributed by atoms with Crippen molar-refractivity contribution in [2.75, 3.05) is 6.61 Å². The highest BCUT2D eigenvalue weighted by Gasteiger charge is 2.45. The molecule has 1 heterocycles. The van der Waals surface area contributed by atoms with Crippen LogP contribution in [0.25, 0.3) is 0 Å². The number of benzene rings is 1. The number of nitrogens with one attached hydrogen (secondary N) is 1. The third-order valence-electron chi connectivity index (χ3n) is 4.33. The minimum atomic E-state index is -1.06. The summed E-state index contributed by atoms with van der Waals surface area (Å²) < 4.78 is 0. The molecule has 1 amide bonds. The highest BCUT2D eigenvalue weighted by atomic mass is 35.5. The molecule has 1 aliphatic carbocycles. The molecule has 6 heteroatoms. The zero-order chi connectivity index (χ0) is 17.1. The Kier molecular flexibility index (Phi) is 5.14. The van der Waals surface area contributed by atoms with Crippen LogP contribution < -0.4 is 5.32 Å². The van der Waals surface area contributed by atoms with Crippen molar-refractivity contribution in [2.45, 2.75) is 24.5 Å². The zero-order valence-electron chi connectivity index (χ0n) is 13.0. The van der Waals surface area contributed by atoms with Gasteiger partial charge in [-0.25, -0.2) is 0 Å². The van der Waals surface area contributed by atoms with Gasteiger partial charge in [0, 0.05) is 17.1 Å². The summed E-state index contributed by atoms with van der Waals surface area (Å²) in [6, 6.07) is 11.8. The summed E-state index contributed by atoms with van der Waals surface area (Å²) in [6.45, 7) is -0.368. The second-order valence-electron chi connectivity index (χ2n) is 5.97. The first-order chi connectivity index (χ1) is 11.6. The summed E-state index contributed by atoms with van der Waals surface area (Å²) in [6.07, 6.45) is 1.22. The fourth-order valence-corrected chi connectivity index (χ4v) is 3.15. The zero-order valence-corrected chi connectivity index (χ0v) is 13.7. The molecule has 0 bridgehead atoms. The summed E-state index contributed by atoms with van der Waals surface area (Å²) >= 11 is 6.17. The van der Waals surface area contributed by atoms with Crippen molar-refractivity contribution in [2.24, 2.45) is 5.92 Å². The summed E-state index contributed by atoms with van der Waals surface area (Å²) in [5.74, 6) is -0.283. The Labute approximate surface area is 145 Å². The number of carbonyl (C=O) groups excluding carboxylic acids is 1. The molecule has 0 radical (unpaired) electrons. The fraction of sp³-hybridized carbons (Fsp3) is 0.333. The third-order valence-corrected chi connectivity index (χ3v) is 4.67. The van der Waals surface area contributed by atoms with Crippen LogP contribution >= 0.6 is 11.6 Å². The van der Waals surface area contributed by atoms with Crippen molar-refractivity contribution >= 4 is 17.5 Å². The molecule has 1 aromatic heterocycles. The van der Waals surface area contributed by atoms with Crippen molar-refractivity contribution in [1.82, 2.24) is 10.3 Å². The maximum Gasteiger partial charge on any atom is 0.224 e. The smallest absolute Gasteiger partial charge is 0.224 e. The molecule has 1 saturated carbocycles. The van der Waals surface area contributed by atoms with Gasteiger partial charge in [-0.3, -0.25) is 9.78 Å². The van der Waals surface area contributed by atoms with Crippen molar-refractivity contribution < 1.29 is 15.0 Å². The first-order valence-corrected chi connectivity index (χ1v) is 8.24. The number of pyridine rings is 1. The van der Waals surface area contributed by atoms with Gasteiger partial charge in [-0.2, -0.15) is 0 Å². The van der Waals surface area contributed by atoms with Crippen LogP contribution in [-0.4, -0.2) is 33.8 Å². The molecular formula is C18H19ClN2O3. The van der Waals surface area contributed by atoms with Crippen molar-refractivity contribution in [3.63, 3.8) is 0 Å². The number of hydrogen-bond acceptors (Lipinski definition) is 4. The van der Waals surface area contributed by atoms with E-state index in [9.17, 15) is 15.0 Å². The Morgan fingerprint density at radius 3 is 2.71 bits per heavy atom. The van der Waals surface area contributed by atoms with Gasteiger partial charge in [-0.15, -0.1) is 0 Å². The van der Waals surface area contributed by atoms with Crippen LogP contribution in [0, 0.1) is 5.92 Å². The SMILES string of the molecule is O=C(N[C@H](CO)[C@H](O)c1ccccn1)[C@@H]1C[C@H]1c1ccccc1Cl. The first kappa shape index (κ1) is 16.9. The lowest BCUT2D eigenvalue weighted by Crippen LogP contribution is -2.43. The lowest BCUT2D eigenvalue weighted by atomic mass is 10.1. The van der Waals surface area contributed by atoms with Crippen LogP contribution in [0.1, 0.15) is 29.7 Å². The van der Waals surface area contributed by atoms with Gasteiger partial charge in [0.05, 0.1) is 18.3 Å². The lowest BCUT2D eigenvalue weighted by molar-refractivity contribution is -0.124. The van der Waals surface area contributed by atoms with Gasteiger partial charge in [0.25, 0.3) is 0 Å². The molecule has 4 atom stereocenters. The quantitative estimate of drug-likeness (QED) is 0.747. The standard InChI is InChI=1S/C18H19ClN2O3/c19-14-6-2-1-5-11(14)12-9-13(12)18(24)21-16(10-22)17(23)15-7-3-4-8-20-15/h1-8,12-13,16-17,22-23H,9-10H2,(H,21,24)/t12-,13+,16+,17+/m0/s1. The number of halogens is 1. The number of nitrogens with zero attached hydrogens (tertiary/aromatic N) is 1. The largest absolute Gasteiger partial charge is 0.394 e. The molecule has 1 fully saturated rings. The summed E-state index contributed by atoms with van der Waals surface area (Å²) in [7, 11) is 0. The van der Waals surface area contributed by atoms with Gasteiger partial charge in [0.2, 0.25) is 5.91 Å². The second-order valence-corrected chi connectivity index (χ2v) is 6.37. The Morgan fingerprint density at radius 2 is 2.04 bits per heavy atom. The number of aromatic nitrogens is 1. The summed E-state index contributed by atoms with van der Waals surface area (Å²) in [5, 5.41) is 23.2. The highest BCUT2D eigenvalue weighted by Crippen LogP contribution is 2.49. The topological polar surface area (TPSA) is 82.5 Å². The molecule has 1 aliphatic rings. The molecule has 0 spiro atoms. The van der Waals surface area contributed by atoms with Gasteiger partial charge in [-0.1, -0.05) is 35.9 Å². The Balaban J connectivity index is 1.63. The van der Waals surface area contributed by atoms with Gasteiger partial charge in [-0.05, 0) is 36.1 Å². The molecule has 5 nitrogen and oxygen atoms in total. The normalized spacial score (nSPS) is 21.8. The molecular weight excluding hydrogens is 328 g/mol. The molecule has 3 N–H and O–H groups in total. The number of aliphatic hydroxyl groups is 2. The van der Waals surface area contributed by atoms with Gasteiger partial charge < -0.3 is 15.5 Å². The van der Waals surface area contributed by atoms with Crippen LogP contribution in [0.5, 0.6) is 0 Å². The maximum atomic E-state index is 12.4. The van der Waals surface area contributed by atoms with Gasteiger partial charge in [0.15, 0.2) is 0 Å². The van der Waals surface area contributed by atoms with E-state index in [0.29, 0.717) is 17.1 Å². The molecule has 3 rings (SSSR count). The van der Waals surface area contributed by atoms with Crippen molar-refractivity contribution in [1.29, 1.82) is 0 Å². The average Bonchev–Trinajstić information content (AvgIpc) is 3.40. The summed E-state index contributed by atoms with van der Waals surface area (Å²) in [5.41, 5.74) is 1.38. The van der Waals surface area contributed by atoms with Gasteiger partial charge >= 0.3 is 0 Å². The molecule has 24 heavy (non-hydrogen) atoms.